The number of benzene rings is 1. The van der Waals surface area contributed by atoms with Gasteiger partial charge in [0.2, 0.25) is 12.7 Å². The Labute approximate surface area is 175 Å². The minimum Gasteiger partial charge on any atom is -0.454 e. The molecule has 2 N–H and O–H groups in total. The summed E-state index contributed by atoms with van der Waals surface area (Å²) >= 11 is 2.96. The molecule has 0 saturated carbocycles. The van der Waals surface area contributed by atoms with Crippen LogP contribution in [0.4, 0.5) is 0 Å². The third-order valence-corrected chi connectivity index (χ3v) is 7.09. The lowest BCUT2D eigenvalue weighted by Crippen LogP contribution is -2.30. The number of thioether (sulfide) groups is 1. The van der Waals surface area contributed by atoms with Gasteiger partial charge in [0.1, 0.15) is 10.7 Å². The highest BCUT2D eigenvalue weighted by atomic mass is 32.2. The lowest BCUT2D eigenvalue weighted by molar-refractivity contribution is -0.120. The van der Waals surface area contributed by atoms with Crippen molar-refractivity contribution in [3.8, 4) is 11.5 Å². The summed E-state index contributed by atoms with van der Waals surface area (Å²) in [4.78, 5) is 34.0. The first-order chi connectivity index (χ1) is 13.9. The molecule has 29 heavy (non-hydrogen) atoms. The van der Waals surface area contributed by atoms with Crippen LogP contribution in [0.1, 0.15) is 28.8 Å². The Morgan fingerprint density at radius 3 is 2.97 bits per heavy atom. The molecule has 1 atom stereocenters. The average Bonchev–Trinajstić information content (AvgIpc) is 3.28. The molecule has 0 aliphatic carbocycles. The highest BCUT2D eigenvalue weighted by molar-refractivity contribution is 7.99. The second kappa shape index (κ2) is 8.08. The van der Waals surface area contributed by atoms with Crippen molar-refractivity contribution in [2.75, 3.05) is 6.79 Å². The van der Waals surface area contributed by atoms with Gasteiger partial charge in [0.25, 0.3) is 5.56 Å². The van der Waals surface area contributed by atoms with Crippen molar-refractivity contribution in [1.29, 1.82) is 0 Å². The first-order valence-corrected chi connectivity index (χ1v) is 11.1. The molecular weight excluding hydrogens is 410 g/mol. The maximum Gasteiger partial charge on any atom is 0.259 e. The normalized spacial score (nSPS) is 13.6. The highest BCUT2D eigenvalue weighted by Gasteiger charge is 2.17. The van der Waals surface area contributed by atoms with E-state index in [0.717, 1.165) is 26.6 Å². The molecule has 0 unspecified atom stereocenters. The lowest BCUT2D eigenvalue weighted by Gasteiger charge is -2.12. The fraction of sp³-hybridized carbons (Fsp3) is 0.350. The van der Waals surface area contributed by atoms with E-state index in [1.807, 2.05) is 39.0 Å². The number of aromatic nitrogens is 2. The van der Waals surface area contributed by atoms with Gasteiger partial charge in [-0.2, -0.15) is 0 Å². The molecule has 0 fully saturated rings. The Balaban J connectivity index is 1.34. The quantitative estimate of drug-likeness (QED) is 0.622. The van der Waals surface area contributed by atoms with Gasteiger partial charge in [-0.15, -0.1) is 23.1 Å². The van der Waals surface area contributed by atoms with E-state index in [1.165, 1.54) is 23.1 Å². The van der Waals surface area contributed by atoms with Crippen LogP contribution in [0.25, 0.3) is 10.2 Å². The summed E-state index contributed by atoms with van der Waals surface area (Å²) in [6, 6.07) is 5.62. The Morgan fingerprint density at radius 2 is 2.14 bits per heavy atom. The lowest BCUT2D eigenvalue weighted by atomic mass is 10.2. The van der Waals surface area contributed by atoms with Crippen LogP contribution in [0.2, 0.25) is 0 Å². The minimum absolute atomic E-state index is 0.0705. The second-order valence-corrected chi connectivity index (χ2v) is 9.37. The third-order valence-electron chi connectivity index (χ3n) is 4.83. The van der Waals surface area contributed by atoms with E-state index in [0.29, 0.717) is 29.3 Å². The smallest absolute Gasteiger partial charge is 0.259 e. The van der Waals surface area contributed by atoms with Crippen LogP contribution in [0.3, 0.4) is 0 Å². The molecule has 3 heterocycles. The van der Waals surface area contributed by atoms with Crippen molar-refractivity contribution in [2.45, 2.75) is 38.3 Å². The van der Waals surface area contributed by atoms with Crippen LogP contribution in [-0.4, -0.2) is 27.9 Å². The van der Waals surface area contributed by atoms with Gasteiger partial charge in [-0.1, -0.05) is 6.07 Å². The van der Waals surface area contributed by atoms with Crippen molar-refractivity contribution in [1.82, 2.24) is 15.3 Å². The summed E-state index contributed by atoms with van der Waals surface area (Å²) in [5.74, 6) is 2.39. The van der Waals surface area contributed by atoms with Gasteiger partial charge in [0, 0.05) is 11.4 Å². The number of nitrogens with one attached hydrogen (secondary N) is 2. The molecule has 0 spiro atoms. The number of carbonyl (C=O) groups excluding carboxylic acids is 1. The Bertz CT molecular complexity index is 1140. The molecule has 1 aromatic carbocycles. The summed E-state index contributed by atoms with van der Waals surface area (Å²) in [6.45, 7) is 6.41. The topological polar surface area (TPSA) is 93.3 Å². The number of rotatable bonds is 6. The van der Waals surface area contributed by atoms with E-state index < -0.39 is 0 Å². The largest absolute Gasteiger partial charge is 0.454 e. The van der Waals surface area contributed by atoms with Crippen molar-refractivity contribution in [3.63, 3.8) is 0 Å². The zero-order valence-electron chi connectivity index (χ0n) is 16.3. The first-order valence-electron chi connectivity index (χ1n) is 9.19. The van der Waals surface area contributed by atoms with Gasteiger partial charge in [-0.25, -0.2) is 4.98 Å². The van der Waals surface area contributed by atoms with Crippen LogP contribution in [0.5, 0.6) is 11.5 Å². The molecule has 7 nitrogen and oxygen atoms in total. The van der Waals surface area contributed by atoms with E-state index in [9.17, 15) is 9.59 Å². The molecule has 0 radical (unpaired) electrons. The molecule has 1 aliphatic rings. The number of carbonyl (C=O) groups is 1. The summed E-state index contributed by atoms with van der Waals surface area (Å²) in [5, 5.41) is 3.31. The van der Waals surface area contributed by atoms with Crippen LogP contribution in [0.15, 0.2) is 23.0 Å². The van der Waals surface area contributed by atoms with Gasteiger partial charge in [-0.05, 0) is 44.0 Å². The third kappa shape index (κ3) is 4.11. The molecule has 3 aromatic rings. The van der Waals surface area contributed by atoms with Crippen LogP contribution < -0.4 is 20.3 Å². The number of hydrogen-bond donors (Lipinski definition) is 2. The number of fused-ring (bicyclic) bond motifs is 2. The van der Waals surface area contributed by atoms with Crippen molar-refractivity contribution >= 4 is 39.2 Å². The van der Waals surface area contributed by atoms with E-state index >= 15 is 0 Å². The number of nitrogens with zero attached hydrogens (tertiary/aromatic N) is 1. The van der Waals surface area contributed by atoms with Crippen LogP contribution in [-0.2, 0) is 17.1 Å². The highest BCUT2D eigenvalue weighted by Crippen LogP contribution is 2.32. The number of hydrogen-bond acceptors (Lipinski definition) is 7. The zero-order chi connectivity index (χ0) is 20.5. The van der Waals surface area contributed by atoms with E-state index in [4.69, 9.17) is 9.47 Å². The van der Waals surface area contributed by atoms with Gasteiger partial charge in [0.15, 0.2) is 11.5 Å². The molecule has 1 amide bonds. The standard InChI is InChI=1S/C20H21N3O4S2/c1-10-11(2)29-20-17(10)19(25)22-16(23-20)8-28-12(3)18(24)21-7-13-4-5-14-15(6-13)27-9-26-14/h4-6,12H,7-9H2,1-3H3,(H,21,24)(H,22,23,25)/t12-/m0/s1. The zero-order valence-corrected chi connectivity index (χ0v) is 18.0. The minimum atomic E-state index is -0.281. The number of amides is 1. The fourth-order valence-electron chi connectivity index (χ4n) is 3.03. The number of aryl methyl sites for hydroxylation is 2. The van der Waals surface area contributed by atoms with E-state index in [-0.39, 0.29) is 23.5 Å². The van der Waals surface area contributed by atoms with E-state index in [1.54, 1.807) is 0 Å². The van der Waals surface area contributed by atoms with Gasteiger partial charge in [-0.3, -0.25) is 9.59 Å². The molecule has 0 bridgehead atoms. The fourth-order valence-corrected chi connectivity index (χ4v) is 4.86. The van der Waals surface area contributed by atoms with E-state index in [2.05, 4.69) is 15.3 Å². The van der Waals surface area contributed by atoms with Crippen molar-refractivity contribution in [3.05, 3.63) is 50.4 Å². The Morgan fingerprint density at radius 1 is 1.34 bits per heavy atom. The number of H-pyrrole nitrogens is 1. The number of thiophene rings is 1. The summed E-state index contributed by atoms with van der Waals surface area (Å²) < 4.78 is 10.6. The number of ether oxygens (including phenoxy) is 2. The van der Waals surface area contributed by atoms with Gasteiger partial charge in [0.05, 0.1) is 16.4 Å². The monoisotopic (exact) mass is 431 g/mol. The van der Waals surface area contributed by atoms with Crippen LogP contribution in [0, 0.1) is 13.8 Å². The van der Waals surface area contributed by atoms with Crippen molar-refractivity contribution in [2.24, 2.45) is 0 Å². The Kier molecular flexibility index (Phi) is 5.51. The summed E-state index contributed by atoms with van der Waals surface area (Å²) in [5.41, 5.74) is 1.81. The van der Waals surface area contributed by atoms with Crippen LogP contribution >= 0.6 is 23.1 Å². The predicted octanol–water partition coefficient (Wildman–Crippen LogP) is 3.27. The molecule has 1 aliphatic heterocycles. The van der Waals surface area contributed by atoms with Gasteiger partial charge < -0.3 is 19.8 Å². The van der Waals surface area contributed by atoms with Gasteiger partial charge >= 0.3 is 0 Å². The molecule has 4 rings (SSSR count). The molecule has 152 valence electrons. The molecule has 9 heteroatoms. The van der Waals surface area contributed by atoms with Crippen molar-refractivity contribution < 1.29 is 14.3 Å². The molecular formula is C20H21N3O4S2. The SMILES string of the molecule is Cc1sc2nc(CS[C@@H](C)C(=O)NCc3ccc4c(c3)OCO4)[nH]c(=O)c2c1C. The first kappa shape index (κ1) is 19.8. The Hall–Kier alpha value is -2.52. The molecule has 0 saturated heterocycles. The predicted molar refractivity (Wildman–Crippen MR) is 115 cm³/mol. The molecule has 2 aromatic heterocycles. The summed E-state index contributed by atoms with van der Waals surface area (Å²) in [7, 11) is 0. The number of aromatic amines is 1. The maximum absolute atomic E-state index is 12.4. The maximum atomic E-state index is 12.4. The second-order valence-electron chi connectivity index (χ2n) is 6.83. The average molecular weight is 432 g/mol. The summed E-state index contributed by atoms with van der Waals surface area (Å²) in [6.07, 6.45) is 0.